The molecule has 29 heavy (non-hydrogen) atoms. The second kappa shape index (κ2) is 8.07. The number of amides is 1. The van der Waals surface area contributed by atoms with E-state index < -0.39 is 0 Å². The molecule has 0 radical (unpaired) electrons. The first-order valence-corrected chi connectivity index (χ1v) is 11.8. The van der Waals surface area contributed by atoms with E-state index in [0.29, 0.717) is 15.0 Å². The number of hydrogen-bond acceptors (Lipinski definition) is 4. The number of thiocarbonyl (C=S) groups is 1. The van der Waals surface area contributed by atoms with Crippen molar-refractivity contribution in [1.29, 1.82) is 0 Å². The van der Waals surface area contributed by atoms with Gasteiger partial charge < -0.3 is 5.11 Å². The van der Waals surface area contributed by atoms with Crippen molar-refractivity contribution in [3.05, 3.63) is 33.7 Å². The maximum absolute atomic E-state index is 13.2. The standard InChI is InChI=1S/C24H33NO2S2/c1-23(2,3)17-12-15(13-18(20(17)26)24(4,5)6)14-19-21(27)25(22(28)29-19)16-10-8-7-9-11-16/h12-14,16,26H,7-11H2,1-6H3/b19-14-. The van der Waals surface area contributed by atoms with Crippen molar-refractivity contribution in [2.75, 3.05) is 0 Å². The van der Waals surface area contributed by atoms with Crippen molar-refractivity contribution in [2.24, 2.45) is 0 Å². The van der Waals surface area contributed by atoms with Crippen LogP contribution in [0, 0.1) is 0 Å². The zero-order valence-corrected chi connectivity index (χ0v) is 20.1. The summed E-state index contributed by atoms with van der Waals surface area (Å²) >= 11 is 6.98. The predicted molar refractivity (Wildman–Crippen MR) is 127 cm³/mol. The molecule has 5 heteroatoms. The molecule has 1 aliphatic carbocycles. The van der Waals surface area contributed by atoms with Gasteiger partial charge in [-0.05, 0) is 47.4 Å². The highest BCUT2D eigenvalue weighted by Gasteiger charge is 2.37. The van der Waals surface area contributed by atoms with Gasteiger partial charge in [0.25, 0.3) is 5.91 Å². The van der Waals surface area contributed by atoms with Crippen molar-refractivity contribution < 1.29 is 9.90 Å². The molecule has 2 fully saturated rings. The Morgan fingerprint density at radius 2 is 1.55 bits per heavy atom. The molecule has 158 valence electrons. The fourth-order valence-corrected chi connectivity index (χ4v) is 5.57. The third-order valence-electron chi connectivity index (χ3n) is 5.81. The summed E-state index contributed by atoms with van der Waals surface area (Å²) in [6, 6.07) is 4.27. The Morgan fingerprint density at radius 1 is 1.03 bits per heavy atom. The Bertz CT molecular complexity index is 818. The normalized spacial score (nSPS) is 20.8. The molecule has 1 aromatic carbocycles. The van der Waals surface area contributed by atoms with Gasteiger partial charge in [-0.15, -0.1) is 0 Å². The third kappa shape index (κ3) is 4.72. The molecule has 1 heterocycles. The smallest absolute Gasteiger partial charge is 0.266 e. The molecule has 3 nitrogen and oxygen atoms in total. The van der Waals surface area contributed by atoms with Crippen LogP contribution in [0.2, 0.25) is 0 Å². The molecule has 0 atom stereocenters. The van der Waals surface area contributed by atoms with Crippen molar-refractivity contribution in [3.8, 4) is 5.75 Å². The Balaban J connectivity index is 2.01. The van der Waals surface area contributed by atoms with Crippen LogP contribution in [0.25, 0.3) is 6.08 Å². The number of carbonyl (C=O) groups excluding carboxylic acids is 1. The van der Waals surface area contributed by atoms with Gasteiger partial charge in [-0.3, -0.25) is 9.69 Å². The minimum atomic E-state index is -0.200. The van der Waals surface area contributed by atoms with Crippen LogP contribution in [0.15, 0.2) is 17.0 Å². The fourth-order valence-electron chi connectivity index (χ4n) is 4.17. The summed E-state index contributed by atoms with van der Waals surface area (Å²) in [4.78, 5) is 15.7. The minimum absolute atomic E-state index is 0.0367. The van der Waals surface area contributed by atoms with Crippen LogP contribution >= 0.6 is 24.0 Å². The number of aromatic hydroxyl groups is 1. The number of phenolic OH excluding ortho intramolecular Hbond substituents is 1. The summed E-state index contributed by atoms with van der Waals surface area (Å²) in [6.07, 6.45) is 7.62. The van der Waals surface area contributed by atoms with Crippen LogP contribution in [-0.4, -0.2) is 26.3 Å². The second-order valence-electron chi connectivity index (χ2n) is 10.3. The first-order valence-electron chi connectivity index (χ1n) is 10.5. The Labute approximate surface area is 184 Å². The number of thioether (sulfide) groups is 1. The lowest BCUT2D eigenvalue weighted by atomic mass is 9.78. The zero-order chi connectivity index (χ0) is 21.6. The Hall–Kier alpha value is -1.33. The van der Waals surface area contributed by atoms with E-state index in [1.54, 1.807) is 0 Å². The van der Waals surface area contributed by atoms with Crippen LogP contribution in [0.1, 0.15) is 90.3 Å². The van der Waals surface area contributed by atoms with Gasteiger partial charge in [0, 0.05) is 17.2 Å². The topological polar surface area (TPSA) is 40.5 Å². The molecular formula is C24H33NO2S2. The predicted octanol–water partition coefficient (Wildman–Crippen LogP) is 6.52. The van der Waals surface area contributed by atoms with Crippen molar-refractivity contribution >= 4 is 40.3 Å². The van der Waals surface area contributed by atoms with Gasteiger partial charge in [0.15, 0.2) is 0 Å². The third-order valence-corrected chi connectivity index (χ3v) is 7.14. The fraction of sp³-hybridized carbons (Fsp3) is 0.583. The average Bonchev–Trinajstić information content (AvgIpc) is 2.88. The monoisotopic (exact) mass is 431 g/mol. The maximum atomic E-state index is 13.2. The molecule has 3 rings (SSSR count). The van der Waals surface area contributed by atoms with Crippen LogP contribution in [0.3, 0.4) is 0 Å². The number of rotatable bonds is 2. The zero-order valence-electron chi connectivity index (χ0n) is 18.5. The molecule has 1 amide bonds. The summed E-state index contributed by atoms with van der Waals surface area (Å²) in [5.74, 6) is 0.395. The summed E-state index contributed by atoms with van der Waals surface area (Å²) in [5, 5.41) is 10.9. The quantitative estimate of drug-likeness (QED) is 0.427. The first kappa shape index (κ1) is 22.4. The Kier molecular flexibility index (Phi) is 6.22. The number of nitrogens with zero attached hydrogens (tertiary/aromatic N) is 1. The lowest BCUT2D eigenvalue weighted by Gasteiger charge is -2.29. The van der Waals surface area contributed by atoms with E-state index >= 15 is 0 Å². The van der Waals surface area contributed by atoms with Crippen LogP contribution in [-0.2, 0) is 15.6 Å². The molecule has 0 aromatic heterocycles. The van der Waals surface area contributed by atoms with Crippen LogP contribution in [0.5, 0.6) is 5.75 Å². The number of phenols is 1. The van der Waals surface area contributed by atoms with Gasteiger partial charge in [0.2, 0.25) is 0 Å². The molecular weight excluding hydrogens is 398 g/mol. The van der Waals surface area contributed by atoms with E-state index in [1.165, 1.54) is 31.0 Å². The number of hydrogen-bond donors (Lipinski definition) is 1. The van der Waals surface area contributed by atoms with Gasteiger partial charge in [-0.1, -0.05) is 84.8 Å². The van der Waals surface area contributed by atoms with Gasteiger partial charge >= 0.3 is 0 Å². The molecule has 1 saturated carbocycles. The van der Waals surface area contributed by atoms with E-state index in [4.69, 9.17) is 12.2 Å². The van der Waals surface area contributed by atoms with E-state index in [1.807, 2.05) is 23.1 Å². The van der Waals surface area contributed by atoms with Gasteiger partial charge in [-0.2, -0.15) is 0 Å². The summed E-state index contributed by atoms with van der Waals surface area (Å²) in [6.45, 7) is 12.6. The molecule has 1 saturated heterocycles. The van der Waals surface area contributed by atoms with Crippen LogP contribution in [0.4, 0.5) is 0 Å². The van der Waals surface area contributed by atoms with Crippen molar-refractivity contribution in [1.82, 2.24) is 4.90 Å². The molecule has 0 bridgehead atoms. The van der Waals surface area contributed by atoms with E-state index in [-0.39, 0.29) is 22.8 Å². The summed E-state index contributed by atoms with van der Waals surface area (Å²) in [5.41, 5.74) is 2.35. The SMILES string of the molecule is CC(C)(C)c1cc(/C=C2\SC(=S)N(C3CCCCC3)C2=O)cc(C(C)(C)C)c1O. The van der Waals surface area contributed by atoms with Crippen molar-refractivity contribution in [2.45, 2.75) is 90.5 Å². The average molecular weight is 432 g/mol. The maximum Gasteiger partial charge on any atom is 0.266 e. The second-order valence-corrected chi connectivity index (χ2v) is 12.0. The molecule has 1 N–H and O–H groups in total. The lowest BCUT2D eigenvalue weighted by molar-refractivity contribution is -0.124. The molecule has 1 aromatic rings. The number of benzene rings is 1. The first-order chi connectivity index (χ1) is 13.4. The van der Waals surface area contributed by atoms with Gasteiger partial charge in [0.05, 0.1) is 4.91 Å². The molecule has 2 aliphatic rings. The highest BCUT2D eigenvalue weighted by molar-refractivity contribution is 8.26. The van der Waals surface area contributed by atoms with E-state index in [2.05, 4.69) is 41.5 Å². The summed E-state index contributed by atoms with van der Waals surface area (Å²) < 4.78 is 0.680. The highest BCUT2D eigenvalue weighted by Crippen LogP contribution is 2.42. The van der Waals surface area contributed by atoms with Crippen molar-refractivity contribution in [3.63, 3.8) is 0 Å². The Morgan fingerprint density at radius 3 is 2.03 bits per heavy atom. The molecule has 0 unspecified atom stereocenters. The number of carbonyl (C=O) groups is 1. The summed E-state index contributed by atoms with van der Waals surface area (Å²) in [7, 11) is 0. The van der Waals surface area contributed by atoms with E-state index in [9.17, 15) is 9.90 Å². The highest BCUT2D eigenvalue weighted by atomic mass is 32.2. The minimum Gasteiger partial charge on any atom is -0.507 e. The molecule has 1 aliphatic heterocycles. The molecule has 0 spiro atoms. The van der Waals surface area contributed by atoms with Crippen LogP contribution < -0.4 is 0 Å². The van der Waals surface area contributed by atoms with Gasteiger partial charge in [-0.25, -0.2) is 0 Å². The lowest BCUT2D eigenvalue weighted by Crippen LogP contribution is -2.39. The van der Waals surface area contributed by atoms with Gasteiger partial charge in [0.1, 0.15) is 10.1 Å². The largest absolute Gasteiger partial charge is 0.507 e. The van der Waals surface area contributed by atoms with E-state index in [0.717, 1.165) is 29.5 Å².